The molecule has 0 saturated carbocycles. The van der Waals surface area contributed by atoms with E-state index in [4.69, 9.17) is 16.0 Å². The molecule has 1 heterocycles. The zero-order chi connectivity index (χ0) is 17.0. The molecule has 1 aromatic carbocycles. The van der Waals surface area contributed by atoms with Gasteiger partial charge >= 0.3 is 5.76 Å². The number of carbonyl (C=O) groups excluding carboxylic acids is 1. The first-order valence-corrected chi connectivity index (χ1v) is 7.37. The van der Waals surface area contributed by atoms with Gasteiger partial charge in [0.1, 0.15) is 6.54 Å². The molecule has 0 aliphatic heterocycles. The zero-order valence-electron chi connectivity index (χ0n) is 13.0. The first-order valence-electron chi connectivity index (χ1n) is 6.99. The predicted octanol–water partition coefficient (Wildman–Crippen LogP) is 3.35. The molecule has 1 amide bonds. The smallest absolute Gasteiger partial charge is 0.406 e. The van der Waals surface area contributed by atoms with Crippen LogP contribution < -0.4 is 5.76 Å². The Bertz CT molecular complexity index is 858. The van der Waals surface area contributed by atoms with Gasteiger partial charge in [-0.1, -0.05) is 42.5 Å². The minimum atomic E-state index is -0.612. The van der Waals surface area contributed by atoms with Crippen LogP contribution >= 0.6 is 11.6 Å². The number of amides is 1. The molecule has 0 saturated heterocycles. The fourth-order valence-corrected chi connectivity index (χ4v) is 2.36. The first-order chi connectivity index (χ1) is 11.0. The SMILES string of the molecule is C=C/C=C\C(=C/C)N(C)C(=O)Cn1c(=O)oc2c(Cl)cccc21. The molecule has 0 N–H and O–H groups in total. The number of allylic oxidation sites excluding steroid dienone is 4. The first kappa shape index (κ1) is 16.8. The minimum Gasteiger partial charge on any atom is -0.406 e. The summed E-state index contributed by atoms with van der Waals surface area (Å²) in [4.78, 5) is 25.9. The summed E-state index contributed by atoms with van der Waals surface area (Å²) in [6.45, 7) is 5.29. The fraction of sp³-hybridized carbons (Fsp3) is 0.176. The van der Waals surface area contributed by atoms with Crippen LogP contribution in [0.5, 0.6) is 0 Å². The van der Waals surface area contributed by atoms with Gasteiger partial charge in [0.2, 0.25) is 5.91 Å². The van der Waals surface area contributed by atoms with Crippen molar-refractivity contribution in [2.24, 2.45) is 0 Å². The average Bonchev–Trinajstić information content (AvgIpc) is 2.85. The van der Waals surface area contributed by atoms with E-state index in [1.54, 1.807) is 49.6 Å². The van der Waals surface area contributed by atoms with Crippen LogP contribution in [0.25, 0.3) is 11.1 Å². The Morgan fingerprint density at radius 2 is 2.22 bits per heavy atom. The van der Waals surface area contributed by atoms with Crippen molar-refractivity contribution >= 4 is 28.6 Å². The van der Waals surface area contributed by atoms with Crippen molar-refractivity contribution in [3.8, 4) is 0 Å². The minimum absolute atomic E-state index is 0.137. The second-order valence-electron chi connectivity index (χ2n) is 4.80. The fourth-order valence-electron chi connectivity index (χ4n) is 2.16. The number of nitrogens with zero attached hydrogens (tertiary/aromatic N) is 2. The summed E-state index contributed by atoms with van der Waals surface area (Å²) in [6, 6.07) is 5.02. The second kappa shape index (κ2) is 7.15. The van der Waals surface area contributed by atoms with E-state index in [-0.39, 0.29) is 18.0 Å². The van der Waals surface area contributed by atoms with Crippen molar-refractivity contribution < 1.29 is 9.21 Å². The van der Waals surface area contributed by atoms with Gasteiger partial charge in [-0.05, 0) is 25.1 Å². The molecule has 5 nitrogen and oxygen atoms in total. The van der Waals surface area contributed by atoms with Gasteiger partial charge in [-0.2, -0.15) is 0 Å². The molecule has 0 spiro atoms. The molecular weight excluding hydrogens is 316 g/mol. The van der Waals surface area contributed by atoms with E-state index in [0.29, 0.717) is 16.2 Å². The van der Waals surface area contributed by atoms with Crippen LogP contribution in [0.15, 0.2) is 64.0 Å². The number of fused-ring (bicyclic) bond motifs is 1. The molecule has 0 fully saturated rings. The monoisotopic (exact) mass is 332 g/mol. The molecule has 120 valence electrons. The molecule has 0 aliphatic carbocycles. The van der Waals surface area contributed by atoms with Crippen molar-refractivity contribution in [3.05, 3.63) is 70.4 Å². The van der Waals surface area contributed by atoms with Crippen LogP contribution in [0.3, 0.4) is 0 Å². The number of hydrogen-bond acceptors (Lipinski definition) is 3. The Balaban J connectivity index is 2.32. The maximum Gasteiger partial charge on any atom is 0.420 e. The van der Waals surface area contributed by atoms with Crippen molar-refractivity contribution in [2.75, 3.05) is 7.05 Å². The number of likely N-dealkylation sites (N-methyl/N-ethyl adjacent to an activating group) is 1. The molecule has 2 rings (SSSR count). The van der Waals surface area contributed by atoms with E-state index in [2.05, 4.69) is 6.58 Å². The van der Waals surface area contributed by atoms with Gasteiger partial charge in [0.05, 0.1) is 10.5 Å². The molecule has 2 aromatic rings. The number of oxazole rings is 1. The van der Waals surface area contributed by atoms with Crippen LogP contribution in [0.4, 0.5) is 0 Å². The van der Waals surface area contributed by atoms with E-state index < -0.39 is 5.76 Å². The van der Waals surface area contributed by atoms with Gasteiger partial charge in [-0.15, -0.1) is 0 Å². The number of para-hydroxylation sites is 1. The Morgan fingerprint density at radius 3 is 2.87 bits per heavy atom. The maximum absolute atomic E-state index is 12.4. The highest BCUT2D eigenvalue weighted by molar-refractivity contribution is 6.34. The lowest BCUT2D eigenvalue weighted by Gasteiger charge is -2.18. The highest BCUT2D eigenvalue weighted by Crippen LogP contribution is 2.22. The second-order valence-corrected chi connectivity index (χ2v) is 5.21. The molecule has 0 unspecified atom stereocenters. The molecule has 0 aliphatic rings. The van der Waals surface area contributed by atoms with Crippen molar-refractivity contribution in [1.29, 1.82) is 0 Å². The largest absolute Gasteiger partial charge is 0.420 e. The molecule has 23 heavy (non-hydrogen) atoms. The summed E-state index contributed by atoms with van der Waals surface area (Å²) >= 11 is 6.00. The van der Waals surface area contributed by atoms with E-state index in [1.807, 2.05) is 6.92 Å². The summed E-state index contributed by atoms with van der Waals surface area (Å²) in [5, 5.41) is 0.335. The van der Waals surface area contributed by atoms with Crippen LogP contribution in [-0.2, 0) is 11.3 Å². The van der Waals surface area contributed by atoms with Gasteiger partial charge in [0.15, 0.2) is 5.58 Å². The molecule has 0 bridgehead atoms. The van der Waals surface area contributed by atoms with Crippen LogP contribution in [0, 0.1) is 0 Å². The number of benzene rings is 1. The molecule has 6 heteroatoms. The van der Waals surface area contributed by atoms with Crippen molar-refractivity contribution in [3.63, 3.8) is 0 Å². The molecular formula is C17H17ClN2O3. The van der Waals surface area contributed by atoms with Gasteiger partial charge < -0.3 is 9.32 Å². The normalized spacial score (nSPS) is 12.0. The summed E-state index contributed by atoms with van der Waals surface area (Å²) in [6.07, 6.45) is 6.92. The third kappa shape index (κ3) is 3.46. The number of carbonyl (C=O) groups is 1. The van der Waals surface area contributed by atoms with Crippen molar-refractivity contribution in [1.82, 2.24) is 9.47 Å². The van der Waals surface area contributed by atoms with E-state index in [9.17, 15) is 9.59 Å². The lowest BCUT2D eigenvalue weighted by atomic mass is 10.3. The summed E-state index contributed by atoms with van der Waals surface area (Å²) in [5.74, 6) is -0.866. The average molecular weight is 333 g/mol. The van der Waals surface area contributed by atoms with Gasteiger partial charge in [0.25, 0.3) is 0 Å². The lowest BCUT2D eigenvalue weighted by molar-refractivity contribution is -0.128. The van der Waals surface area contributed by atoms with Gasteiger partial charge in [-0.25, -0.2) is 4.79 Å². The molecule has 1 aromatic heterocycles. The summed E-state index contributed by atoms with van der Waals surface area (Å²) in [7, 11) is 1.64. The third-order valence-corrected chi connectivity index (χ3v) is 3.70. The van der Waals surface area contributed by atoms with Gasteiger partial charge in [-0.3, -0.25) is 9.36 Å². The number of rotatable bonds is 5. The summed E-state index contributed by atoms with van der Waals surface area (Å²) < 4.78 is 6.39. The highest BCUT2D eigenvalue weighted by Gasteiger charge is 2.17. The molecule has 0 atom stereocenters. The third-order valence-electron chi connectivity index (χ3n) is 3.40. The van der Waals surface area contributed by atoms with Crippen LogP contribution in [0.1, 0.15) is 6.92 Å². The topological polar surface area (TPSA) is 55.5 Å². The Morgan fingerprint density at radius 1 is 1.48 bits per heavy atom. The van der Waals surface area contributed by atoms with Crippen molar-refractivity contribution in [2.45, 2.75) is 13.5 Å². The Hall–Kier alpha value is -2.53. The van der Waals surface area contributed by atoms with E-state index in [1.165, 1.54) is 9.47 Å². The van der Waals surface area contributed by atoms with Crippen LogP contribution in [0.2, 0.25) is 5.02 Å². The quantitative estimate of drug-likeness (QED) is 0.789. The highest BCUT2D eigenvalue weighted by atomic mass is 35.5. The maximum atomic E-state index is 12.4. The lowest BCUT2D eigenvalue weighted by Crippen LogP contribution is -2.31. The van der Waals surface area contributed by atoms with E-state index >= 15 is 0 Å². The number of halogens is 1. The summed E-state index contributed by atoms with van der Waals surface area (Å²) in [5.41, 5.74) is 1.48. The standard InChI is InChI=1S/C17H17ClN2O3/c1-4-6-8-12(5-2)19(3)15(21)11-20-14-10-7-9-13(18)16(14)23-17(20)22/h4-10H,1,11H2,2-3H3/b8-6-,12-5+. The zero-order valence-corrected chi connectivity index (χ0v) is 13.7. The number of aromatic nitrogens is 1. The predicted molar refractivity (Wildman–Crippen MR) is 91.3 cm³/mol. The Kier molecular flexibility index (Phi) is 5.24. The van der Waals surface area contributed by atoms with E-state index in [0.717, 1.165) is 0 Å². The molecule has 0 radical (unpaired) electrons. The Labute approximate surface area is 138 Å². The van der Waals surface area contributed by atoms with Crippen LogP contribution in [-0.4, -0.2) is 22.4 Å². The van der Waals surface area contributed by atoms with Gasteiger partial charge in [0, 0.05) is 12.7 Å². The number of hydrogen-bond donors (Lipinski definition) is 0.